The molecule has 0 spiro atoms. The van der Waals surface area contributed by atoms with Gasteiger partial charge in [0.25, 0.3) is 0 Å². The number of anilines is 1. The summed E-state index contributed by atoms with van der Waals surface area (Å²) in [5.74, 6) is 0. The highest BCUT2D eigenvalue weighted by atomic mass is 79.9. The summed E-state index contributed by atoms with van der Waals surface area (Å²) in [6.45, 7) is 0.519. The van der Waals surface area contributed by atoms with Gasteiger partial charge in [0.2, 0.25) is 0 Å². The molecule has 21 heavy (non-hydrogen) atoms. The van der Waals surface area contributed by atoms with Crippen LogP contribution in [-0.4, -0.2) is 5.51 Å². The third kappa shape index (κ3) is 5.45. The Labute approximate surface area is 138 Å². The highest BCUT2D eigenvalue weighted by Crippen LogP contribution is 2.36. The molecule has 0 aliphatic heterocycles. The van der Waals surface area contributed by atoms with Crippen molar-refractivity contribution in [2.24, 2.45) is 0 Å². The normalized spacial score (nSPS) is 11.5. The Morgan fingerprint density at radius 1 is 1.10 bits per heavy atom. The maximum Gasteiger partial charge on any atom is 0.446 e. The van der Waals surface area contributed by atoms with Crippen molar-refractivity contribution in [1.82, 2.24) is 0 Å². The second-order valence-electron chi connectivity index (χ2n) is 4.17. The Morgan fingerprint density at radius 3 is 2.33 bits per heavy atom. The van der Waals surface area contributed by atoms with Gasteiger partial charge in [0.1, 0.15) is 0 Å². The smallest absolute Gasteiger partial charge is 0.381 e. The van der Waals surface area contributed by atoms with Crippen LogP contribution in [0.3, 0.4) is 0 Å². The van der Waals surface area contributed by atoms with E-state index in [1.165, 1.54) is 12.1 Å². The van der Waals surface area contributed by atoms with E-state index in [1.807, 2.05) is 12.1 Å². The van der Waals surface area contributed by atoms with Crippen molar-refractivity contribution in [3.8, 4) is 0 Å². The topological polar surface area (TPSA) is 12.0 Å². The number of benzene rings is 2. The second kappa shape index (κ2) is 6.94. The second-order valence-corrected chi connectivity index (χ2v) is 6.57. The van der Waals surface area contributed by atoms with E-state index in [9.17, 15) is 13.2 Å². The summed E-state index contributed by atoms with van der Waals surface area (Å²) in [7, 11) is 0. The molecule has 0 bridgehead atoms. The molecule has 0 unspecified atom stereocenters. The molecule has 0 aliphatic rings. The lowest BCUT2D eigenvalue weighted by atomic mass is 10.2. The summed E-state index contributed by atoms with van der Waals surface area (Å²) in [4.78, 5) is 0.181. The van der Waals surface area contributed by atoms with E-state index in [2.05, 4.69) is 21.2 Å². The lowest BCUT2D eigenvalue weighted by Crippen LogP contribution is -2.01. The van der Waals surface area contributed by atoms with E-state index in [-0.39, 0.29) is 16.7 Å². The number of nitrogens with one attached hydrogen (secondary N) is 1. The number of alkyl halides is 3. The average Bonchev–Trinajstić information content (AvgIpc) is 2.40. The maximum absolute atomic E-state index is 12.2. The molecule has 2 aromatic carbocycles. The molecular weight excluding hydrogens is 387 g/mol. The maximum atomic E-state index is 12.2. The van der Waals surface area contributed by atoms with Gasteiger partial charge in [-0.25, -0.2) is 0 Å². The molecule has 2 rings (SSSR count). The molecule has 0 aliphatic carbocycles. The Morgan fingerprint density at radius 2 is 1.76 bits per heavy atom. The molecule has 0 saturated carbocycles. The monoisotopic (exact) mass is 395 g/mol. The molecule has 1 N–H and O–H groups in total. The zero-order chi connectivity index (χ0) is 15.5. The van der Waals surface area contributed by atoms with Crippen LogP contribution in [0.15, 0.2) is 51.8 Å². The van der Waals surface area contributed by atoms with E-state index in [0.717, 1.165) is 15.7 Å². The SMILES string of the molecule is FC(F)(F)Sc1ccc(CNc2ccc(Cl)c(Br)c2)cc1. The lowest BCUT2D eigenvalue weighted by molar-refractivity contribution is -0.0328. The van der Waals surface area contributed by atoms with Crippen LogP contribution in [-0.2, 0) is 6.54 Å². The largest absolute Gasteiger partial charge is 0.446 e. The summed E-state index contributed by atoms with van der Waals surface area (Å²) in [5.41, 5.74) is -2.48. The summed E-state index contributed by atoms with van der Waals surface area (Å²) < 4.78 is 37.4. The van der Waals surface area contributed by atoms with Gasteiger partial charge >= 0.3 is 5.51 Å². The number of thioether (sulfide) groups is 1. The predicted molar refractivity (Wildman–Crippen MR) is 84.8 cm³/mol. The summed E-state index contributed by atoms with van der Waals surface area (Å²) in [6.07, 6.45) is 0. The molecule has 2 aromatic rings. The first-order valence-corrected chi connectivity index (χ1v) is 7.86. The summed E-state index contributed by atoms with van der Waals surface area (Å²) >= 11 is 9.11. The first kappa shape index (κ1) is 16.5. The molecule has 0 saturated heterocycles. The fourth-order valence-corrected chi connectivity index (χ4v) is 2.65. The minimum Gasteiger partial charge on any atom is -0.381 e. The Kier molecular flexibility index (Phi) is 5.46. The van der Waals surface area contributed by atoms with Gasteiger partial charge in [-0.1, -0.05) is 23.7 Å². The fraction of sp³-hybridized carbons (Fsp3) is 0.143. The van der Waals surface area contributed by atoms with Gasteiger partial charge in [-0.05, 0) is 63.6 Å². The number of rotatable bonds is 4. The van der Waals surface area contributed by atoms with Crippen LogP contribution < -0.4 is 5.32 Å². The molecule has 0 amide bonds. The van der Waals surface area contributed by atoms with Gasteiger partial charge in [0, 0.05) is 21.6 Å². The van der Waals surface area contributed by atoms with Crippen LogP contribution in [0.1, 0.15) is 5.56 Å². The van der Waals surface area contributed by atoms with Crippen LogP contribution in [0.4, 0.5) is 18.9 Å². The molecular formula is C14H10BrClF3NS. The van der Waals surface area contributed by atoms with Crippen molar-refractivity contribution in [2.75, 3.05) is 5.32 Å². The zero-order valence-corrected chi connectivity index (χ0v) is 13.7. The van der Waals surface area contributed by atoms with E-state index < -0.39 is 5.51 Å². The van der Waals surface area contributed by atoms with Crippen molar-refractivity contribution in [1.29, 1.82) is 0 Å². The standard InChI is InChI=1S/C14H10BrClF3NS/c15-12-7-10(3-6-13(12)16)20-8-9-1-4-11(5-2-9)21-14(17,18)19/h1-7,20H,8H2. The number of hydrogen-bond donors (Lipinski definition) is 1. The van der Waals surface area contributed by atoms with Crippen LogP contribution in [0, 0.1) is 0 Å². The van der Waals surface area contributed by atoms with E-state index >= 15 is 0 Å². The minimum absolute atomic E-state index is 0.114. The van der Waals surface area contributed by atoms with Crippen molar-refractivity contribution in [3.63, 3.8) is 0 Å². The Bertz CT molecular complexity index is 617. The van der Waals surface area contributed by atoms with E-state index in [1.54, 1.807) is 18.2 Å². The highest BCUT2D eigenvalue weighted by molar-refractivity contribution is 9.10. The molecule has 0 fully saturated rings. The van der Waals surface area contributed by atoms with Crippen molar-refractivity contribution >= 4 is 45.0 Å². The lowest BCUT2D eigenvalue weighted by Gasteiger charge is -2.09. The van der Waals surface area contributed by atoms with Crippen molar-refractivity contribution in [3.05, 3.63) is 57.5 Å². The van der Waals surface area contributed by atoms with Gasteiger partial charge < -0.3 is 5.32 Å². The summed E-state index contributed by atoms with van der Waals surface area (Å²) in [6, 6.07) is 11.7. The molecule has 0 atom stereocenters. The molecule has 0 aromatic heterocycles. The first-order chi connectivity index (χ1) is 9.83. The van der Waals surface area contributed by atoms with Crippen LogP contribution in [0.2, 0.25) is 5.02 Å². The minimum atomic E-state index is -4.25. The third-order valence-corrected chi connectivity index (χ3v) is 4.53. The Hall–Kier alpha value is -0.850. The predicted octanol–water partition coefficient (Wildman–Crippen LogP) is 6.33. The quantitative estimate of drug-likeness (QED) is 0.606. The van der Waals surface area contributed by atoms with E-state index in [0.29, 0.717) is 11.6 Å². The van der Waals surface area contributed by atoms with Crippen LogP contribution >= 0.6 is 39.3 Å². The number of hydrogen-bond acceptors (Lipinski definition) is 2. The Balaban J connectivity index is 1.96. The average molecular weight is 397 g/mol. The van der Waals surface area contributed by atoms with Gasteiger partial charge in [-0.3, -0.25) is 0 Å². The van der Waals surface area contributed by atoms with E-state index in [4.69, 9.17) is 11.6 Å². The molecule has 7 heteroatoms. The molecule has 0 heterocycles. The molecule has 112 valence electrons. The van der Waals surface area contributed by atoms with Gasteiger partial charge in [0.05, 0.1) is 5.02 Å². The third-order valence-electron chi connectivity index (χ3n) is 2.57. The molecule has 0 radical (unpaired) electrons. The fourth-order valence-electron chi connectivity index (χ4n) is 1.62. The molecule has 1 nitrogen and oxygen atoms in total. The number of halogens is 5. The van der Waals surface area contributed by atoms with Crippen LogP contribution in [0.5, 0.6) is 0 Å². The van der Waals surface area contributed by atoms with Crippen LogP contribution in [0.25, 0.3) is 0 Å². The zero-order valence-electron chi connectivity index (χ0n) is 10.5. The highest BCUT2D eigenvalue weighted by Gasteiger charge is 2.28. The van der Waals surface area contributed by atoms with Crippen molar-refractivity contribution < 1.29 is 13.2 Å². The van der Waals surface area contributed by atoms with Gasteiger partial charge in [-0.2, -0.15) is 13.2 Å². The van der Waals surface area contributed by atoms with Gasteiger partial charge in [-0.15, -0.1) is 0 Å². The van der Waals surface area contributed by atoms with Gasteiger partial charge in [0.15, 0.2) is 0 Å². The summed E-state index contributed by atoms with van der Waals surface area (Å²) in [5, 5.41) is 3.80. The van der Waals surface area contributed by atoms with Crippen molar-refractivity contribution in [2.45, 2.75) is 16.9 Å². The first-order valence-electron chi connectivity index (χ1n) is 5.87.